The highest BCUT2D eigenvalue weighted by Crippen LogP contribution is 2.39. The zero-order valence-corrected chi connectivity index (χ0v) is 50.3. The maximum absolute atomic E-state index is 14.7. The molecule has 2 amide bonds. The number of fused-ring (bicyclic) bond motifs is 1. The average Bonchev–Trinajstić information content (AvgIpc) is 3.81. The second kappa shape index (κ2) is 24.0. The van der Waals surface area contributed by atoms with Gasteiger partial charge in [0.25, 0.3) is 16.6 Å². The van der Waals surface area contributed by atoms with Gasteiger partial charge in [0.1, 0.15) is 23.5 Å². The molecule has 0 fully saturated rings. The van der Waals surface area contributed by atoms with Crippen LogP contribution in [0.25, 0.3) is 11.0 Å². The molecule has 2 heterocycles. The number of hydrazine groups is 1. The summed E-state index contributed by atoms with van der Waals surface area (Å²) in [5.74, 6) is -0.546. The molecule has 0 atom stereocenters. The number of amides is 2. The quantitative estimate of drug-likeness (QED) is 0.0435. The fourth-order valence-electron chi connectivity index (χ4n) is 10.4. The van der Waals surface area contributed by atoms with Crippen molar-refractivity contribution in [3.8, 4) is 0 Å². The van der Waals surface area contributed by atoms with Crippen LogP contribution in [0, 0.1) is 0 Å². The first-order valence-corrected chi connectivity index (χ1v) is 31.0. The van der Waals surface area contributed by atoms with Gasteiger partial charge in [0.2, 0.25) is 0 Å². The molecule has 6 aromatic carbocycles. The van der Waals surface area contributed by atoms with Crippen LogP contribution in [0.2, 0.25) is 10.1 Å². The van der Waals surface area contributed by atoms with Crippen LogP contribution in [-0.4, -0.2) is 55.5 Å². The molecule has 8 rings (SSSR count). The lowest BCUT2D eigenvalue weighted by Crippen LogP contribution is -2.66. The summed E-state index contributed by atoms with van der Waals surface area (Å²) in [5, 5.41) is 5.23. The topological polar surface area (TPSA) is 130 Å². The molecule has 0 radical (unpaired) electrons. The van der Waals surface area contributed by atoms with Gasteiger partial charge in [-0.3, -0.25) is 0 Å². The third kappa shape index (κ3) is 13.5. The number of benzene rings is 6. The van der Waals surface area contributed by atoms with Gasteiger partial charge >= 0.3 is 18.2 Å². The first-order valence-electron chi connectivity index (χ1n) is 27.2. The van der Waals surface area contributed by atoms with E-state index in [0.29, 0.717) is 24.2 Å². The molecular formula is C66H76N4O8Si2. The monoisotopic (exact) mass is 1110 g/mol. The standard InChI is InChI=1S/C66H76N4O8Si2/c1-63(2,3)77-61(72)68-70(62(73)78-64(4,5)6)59-40-39-57-56(67-59)43-58(69(57)44-48-27-25-29-50(41-48)46-75-79(65(7,8)9,52-31-17-13-18-32-52)53-33-19-14-20-34-53)60(71)74-45-49-28-26-30-51(42-49)47-76-80(66(10,11)12,54-35-21-15-22-36-54)55-37-23-16-24-38-55/h13-43H,44-47H2,1-12H3,(H,68,72). The number of nitrogens with zero attached hydrogens (tertiary/aromatic N) is 3. The number of aromatic nitrogens is 2. The Morgan fingerprint density at radius 1 is 0.487 bits per heavy atom. The first kappa shape index (κ1) is 58.5. The number of pyridine rings is 1. The molecule has 2 aromatic heterocycles. The van der Waals surface area contributed by atoms with E-state index in [4.69, 9.17) is 28.0 Å². The normalized spacial score (nSPS) is 12.4. The van der Waals surface area contributed by atoms with Crippen molar-refractivity contribution in [3.63, 3.8) is 0 Å². The highest BCUT2D eigenvalue weighted by Gasteiger charge is 2.51. The molecule has 12 nitrogen and oxygen atoms in total. The number of ether oxygens (including phenoxy) is 3. The number of carbonyl (C=O) groups is 3. The summed E-state index contributed by atoms with van der Waals surface area (Å²) in [6, 6.07) is 63.3. The lowest BCUT2D eigenvalue weighted by Gasteiger charge is -2.43. The first-order chi connectivity index (χ1) is 37.9. The van der Waals surface area contributed by atoms with E-state index in [9.17, 15) is 14.4 Å². The number of esters is 1. The predicted octanol–water partition coefficient (Wildman–Crippen LogP) is 12.8. The van der Waals surface area contributed by atoms with E-state index in [1.54, 1.807) is 59.7 Å². The summed E-state index contributed by atoms with van der Waals surface area (Å²) < 4.78 is 33.9. The fraction of sp³-hybridized carbons (Fsp3) is 0.303. The van der Waals surface area contributed by atoms with E-state index in [1.807, 2.05) is 65.2 Å². The van der Waals surface area contributed by atoms with Crippen LogP contribution < -0.4 is 31.2 Å². The summed E-state index contributed by atoms with van der Waals surface area (Å²) in [5.41, 5.74) is 5.54. The van der Waals surface area contributed by atoms with Crippen molar-refractivity contribution >= 4 is 72.4 Å². The van der Waals surface area contributed by atoms with Crippen molar-refractivity contribution in [3.05, 3.63) is 216 Å². The second-order valence-corrected chi connectivity index (χ2v) is 32.9. The minimum atomic E-state index is -2.87. The molecule has 0 aliphatic rings. The van der Waals surface area contributed by atoms with Gasteiger partial charge < -0.3 is 27.6 Å². The number of hydrogen-bond donors (Lipinski definition) is 1. The molecule has 0 aliphatic heterocycles. The molecule has 0 unspecified atom stereocenters. The van der Waals surface area contributed by atoms with Crippen molar-refractivity contribution < 1.29 is 37.4 Å². The van der Waals surface area contributed by atoms with Crippen molar-refractivity contribution in [1.82, 2.24) is 15.0 Å². The van der Waals surface area contributed by atoms with E-state index >= 15 is 0 Å². The van der Waals surface area contributed by atoms with Gasteiger partial charge in [-0.1, -0.05) is 211 Å². The molecule has 80 heavy (non-hydrogen) atoms. The van der Waals surface area contributed by atoms with Crippen molar-refractivity contribution in [2.24, 2.45) is 0 Å². The Kier molecular flexibility index (Phi) is 17.6. The number of hydrogen-bond acceptors (Lipinski definition) is 9. The Labute approximate surface area is 474 Å². The van der Waals surface area contributed by atoms with Crippen LogP contribution in [0.4, 0.5) is 15.4 Å². The summed E-state index contributed by atoms with van der Waals surface area (Å²) in [6.45, 7) is 24.8. The highest BCUT2D eigenvalue weighted by molar-refractivity contribution is 7.00. The minimum absolute atomic E-state index is 0.0204. The molecule has 0 saturated carbocycles. The molecule has 416 valence electrons. The zero-order valence-electron chi connectivity index (χ0n) is 48.3. The molecular weight excluding hydrogens is 1030 g/mol. The lowest BCUT2D eigenvalue weighted by molar-refractivity contribution is 0.0424. The van der Waals surface area contributed by atoms with Crippen LogP contribution in [0.15, 0.2) is 188 Å². The summed E-state index contributed by atoms with van der Waals surface area (Å²) in [6.07, 6.45) is -1.77. The SMILES string of the molecule is CC(C)(C)OC(=O)NN(C(=O)OC(C)(C)C)c1ccc2c(cc(C(=O)OCc3cccc(CO[Si](c4ccccc4)(c4ccccc4)C(C)(C)C)c3)n2Cc2cccc(CO[Si](c3ccccc3)(c3ccccc3)C(C)(C)C)c2)n1. The Morgan fingerprint density at radius 2 is 0.900 bits per heavy atom. The predicted molar refractivity (Wildman–Crippen MR) is 324 cm³/mol. The van der Waals surface area contributed by atoms with Gasteiger partial charge in [-0.15, -0.1) is 0 Å². The molecule has 0 aliphatic carbocycles. The van der Waals surface area contributed by atoms with Crippen molar-refractivity contribution in [2.45, 2.75) is 131 Å². The Balaban J connectivity index is 1.12. The van der Waals surface area contributed by atoms with Crippen LogP contribution in [0.3, 0.4) is 0 Å². The lowest BCUT2D eigenvalue weighted by atomic mass is 10.1. The van der Waals surface area contributed by atoms with Gasteiger partial charge in [-0.25, -0.2) is 24.8 Å². The van der Waals surface area contributed by atoms with Gasteiger partial charge in [0.15, 0.2) is 5.82 Å². The van der Waals surface area contributed by atoms with E-state index in [-0.39, 0.29) is 34.7 Å². The highest BCUT2D eigenvalue weighted by atomic mass is 28.4. The molecule has 14 heteroatoms. The van der Waals surface area contributed by atoms with E-state index in [2.05, 4.69) is 156 Å². The maximum atomic E-state index is 14.7. The number of anilines is 1. The molecule has 0 saturated heterocycles. The number of nitrogens with one attached hydrogen (secondary N) is 1. The van der Waals surface area contributed by atoms with E-state index in [1.165, 1.54) is 20.7 Å². The van der Waals surface area contributed by atoms with Gasteiger partial charge in [0.05, 0.1) is 24.2 Å². The Hall–Kier alpha value is -7.63. The summed E-state index contributed by atoms with van der Waals surface area (Å²) >= 11 is 0. The second-order valence-electron chi connectivity index (χ2n) is 24.2. The van der Waals surface area contributed by atoms with E-state index < -0.39 is 46.0 Å². The van der Waals surface area contributed by atoms with Crippen molar-refractivity contribution in [2.75, 3.05) is 5.01 Å². The van der Waals surface area contributed by atoms with E-state index in [0.717, 1.165) is 27.3 Å². The van der Waals surface area contributed by atoms with Crippen LogP contribution in [0.1, 0.15) is 116 Å². The Bertz CT molecular complexity index is 3320. The van der Waals surface area contributed by atoms with Gasteiger partial charge in [-0.05, 0) is 113 Å². The maximum Gasteiger partial charge on any atom is 0.435 e. The third-order valence-electron chi connectivity index (χ3n) is 13.8. The third-order valence-corrected chi connectivity index (χ3v) is 23.8. The van der Waals surface area contributed by atoms with Gasteiger partial charge in [-0.2, -0.15) is 5.01 Å². The zero-order chi connectivity index (χ0) is 57.5. The summed E-state index contributed by atoms with van der Waals surface area (Å²) in [4.78, 5) is 46.6. The largest absolute Gasteiger partial charge is 0.456 e. The number of rotatable bonds is 16. The average molecular weight is 1110 g/mol. The Morgan fingerprint density at radius 3 is 1.32 bits per heavy atom. The summed E-state index contributed by atoms with van der Waals surface area (Å²) in [7, 11) is -5.71. The van der Waals surface area contributed by atoms with Gasteiger partial charge in [0, 0.05) is 6.54 Å². The smallest absolute Gasteiger partial charge is 0.435 e. The molecule has 8 aromatic rings. The molecule has 0 bridgehead atoms. The van der Waals surface area contributed by atoms with Crippen molar-refractivity contribution in [1.29, 1.82) is 0 Å². The van der Waals surface area contributed by atoms with Crippen LogP contribution >= 0.6 is 0 Å². The molecule has 1 N–H and O–H groups in total. The fourth-order valence-corrected chi connectivity index (χ4v) is 19.5. The molecule has 0 spiro atoms. The minimum Gasteiger partial charge on any atom is -0.456 e. The van der Waals surface area contributed by atoms with Crippen LogP contribution in [-0.2, 0) is 49.4 Å². The number of carbonyl (C=O) groups excluding carboxylic acids is 3. The van der Waals surface area contributed by atoms with Crippen LogP contribution in [0.5, 0.6) is 0 Å².